The Morgan fingerprint density at radius 2 is 1.91 bits per heavy atom. The predicted molar refractivity (Wildman–Crippen MR) is 85.6 cm³/mol. The lowest BCUT2D eigenvalue weighted by atomic mass is 9.96. The molecule has 1 N–H and O–H groups in total. The van der Waals surface area contributed by atoms with Gasteiger partial charge in [-0.3, -0.25) is 0 Å². The van der Waals surface area contributed by atoms with Crippen molar-refractivity contribution in [2.75, 3.05) is 25.1 Å². The Bertz CT molecular complexity index is 667. The van der Waals surface area contributed by atoms with Gasteiger partial charge in [-0.25, -0.2) is 19.7 Å². The van der Waals surface area contributed by atoms with Crippen molar-refractivity contribution in [3.05, 3.63) is 35.2 Å². The Hall–Kier alpha value is -2.44. The smallest absolute Gasteiger partial charge is 0.341 e. The number of imidazole rings is 1. The summed E-state index contributed by atoms with van der Waals surface area (Å²) in [4.78, 5) is 30.1. The number of nitrogens with zero attached hydrogens (tertiary/aromatic N) is 4. The van der Waals surface area contributed by atoms with Gasteiger partial charge in [0.05, 0.1) is 18.4 Å². The quantitative estimate of drug-likeness (QED) is 0.872. The van der Waals surface area contributed by atoms with Gasteiger partial charge >= 0.3 is 5.97 Å². The van der Waals surface area contributed by atoms with Crippen LogP contribution < -0.4 is 4.90 Å². The Morgan fingerprint density at radius 1 is 1.26 bits per heavy atom. The summed E-state index contributed by atoms with van der Waals surface area (Å²) >= 11 is 0. The molecule has 0 saturated carbocycles. The molecule has 2 aromatic rings. The van der Waals surface area contributed by atoms with Crippen LogP contribution in [0, 0.1) is 13.8 Å². The predicted octanol–water partition coefficient (Wildman–Crippen LogP) is 1.99. The monoisotopic (exact) mass is 315 g/mol. The van der Waals surface area contributed by atoms with E-state index in [-0.39, 0.29) is 0 Å². The molecule has 1 aliphatic heterocycles. The third-order valence-corrected chi connectivity index (χ3v) is 4.37. The number of aromatic amines is 1. The molecule has 3 heterocycles. The van der Waals surface area contributed by atoms with Gasteiger partial charge in [0.15, 0.2) is 0 Å². The van der Waals surface area contributed by atoms with Gasteiger partial charge in [0.1, 0.15) is 5.82 Å². The van der Waals surface area contributed by atoms with Crippen LogP contribution in [0.4, 0.5) is 5.95 Å². The second-order valence-corrected chi connectivity index (χ2v) is 5.86. The summed E-state index contributed by atoms with van der Waals surface area (Å²) in [5.41, 5.74) is 2.58. The first-order valence-electron chi connectivity index (χ1n) is 7.77. The average Bonchev–Trinajstić information content (AvgIpc) is 2.93. The second-order valence-electron chi connectivity index (χ2n) is 5.86. The minimum Gasteiger partial charge on any atom is -0.465 e. The van der Waals surface area contributed by atoms with Crippen LogP contribution in [0.1, 0.15) is 46.3 Å². The molecular formula is C16H21N5O2. The highest BCUT2D eigenvalue weighted by Crippen LogP contribution is 2.28. The summed E-state index contributed by atoms with van der Waals surface area (Å²) in [5, 5.41) is 0. The maximum absolute atomic E-state index is 11.4. The van der Waals surface area contributed by atoms with Crippen LogP contribution in [0.3, 0.4) is 0 Å². The highest BCUT2D eigenvalue weighted by molar-refractivity contribution is 5.88. The van der Waals surface area contributed by atoms with Crippen molar-refractivity contribution >= 4 is 11.9 Å². The number of hydrogen-bond acceptors (Lipinski definition) is 6. The number of esters is 1. The molecule has 23 heavy (non-hydrogen) atoms. The highest BCUT2D eigenvalue weighted by Gasteiger charge is 2.24. The summed E-state index contributed by atoms with van der Waals surface area (Å²) in [7, 11) is 1.35. The number of H-pyrrole nitrogens is 1. The number of anilines is 1. The van der Waals surface area contributed by atoms with Crippen molar-refractivity contribution in [3.8, 4) is 0 Å². The minimum absolute atomic E-state index is 0.368. The Balaban J connectivity index is 1.63. The summed E-state index contributed by atoms with van der Waals surface area (Å²) in [5.74, 6) is 1.77. The van der Waals surface area contributed by atoms with E-state index in [1.807, 2.05) is 6.92 Å². The largest absolute Gasteiger partial charge is 0.465 e. The molecular weight excluding hydrogens is 294 g/mol. The molecule has 2 aromatic heterocycles. The maximum Gasteiger partial charge on any atom is 0.341 e. The molecule has 0 bridgehead atoms. The van der Waals surface area contributed by atoms with E-state index in [1.165, 1.54) is 19.5 Å². The summed E-state index contributed by atoms with van der Waals surface area (Å²) in [6.07, 6.45) is 5.04. The molecule has 0 radical (unpaired) electrons. The number of aryl methyl sites for hydroxylation is 2. The third-order valence-electron chi connectivity index (χ3n) is 4.37. The Labute approximate surface area is 135 Å². The van der Waals surface area contributed by atoms with Gasteiger partial charge in [-0.2, -0.15) is 0 Å². The molecule has 1 aliphatic rings. The molecule has 0 amide bonds. The van der Waals surface area contributed by atoms with E-state index in [4.69, 9.17) is 0 Å². The third kappa shape index (κ3) is 3.18. The molecule has 1 saturated heterocycles. The van der Waals surface area contributed by atoms with E-state index in [1.54, 1.807) is 0 Å². The zero-order chi connectivity index (χ0) is 16.4. The van der Waals surface area contributed by atoms with Crippen molar-refractivity contribution < 1.29 is 9.53 Å². The summed E-state index contributed by atoms with van der Waals surface area (Å²) < 4.78 is 4.65. The fourth-order valence-corrected chi connectivity index (χ4v) is 2.83. The van der Waals surface area contributed by atoms with Crippen molar-refractivity contribution in [2.24, 2.45) is 0 Å². The van der Waals surface area contributed by atoms with E-state index in [9.17, 15) is 4.79 Å². The highest BCUT2D eigenvalue weighted by atomic mass is 16.5. The lowest BCUT2D eigenvalue weighted by molar-refractivity contribution is 0.0600. The van der Waals surface area contributed by atoms with Crippen molar-refractivity contribution in [2.45, 2.75) is 32.6 Å². The summed E-state index contributed by atoms with van der Waals surface area (Å²) in [6, 6.07) is 0. The zero-order valence-electron chi connectivity index (χ0n) is 13.7. The molecule has 0 spiro atoms. The molecule has 7 nitrogen and oxygen atoms in total. The van der Waals surface area contributed by atoms with Crippen LogP contribution in [-0.2, 0) is 4.74 Å². The molecule has 3 rings (SSSR count). The van der Waals surface area contributed by atoms with E-state index in [2.05, 4.69) is 36.5 Å². The lowest BCUT2D eigenvalue weighted by Crippen LogP contribution is -2.34. The van der Waals surface area contributed by atoms with Crippen molar-refractivity contribution in [1.82, 2.24) is 19.9 Å². The first-order chi connectivity index (χ1) is 11.1. The molecule has 1 fully saturated rings. The molecule has 0 atom stereocenters. The maximum atomic E-state index is 11.4. The van der Waals surface area contributed by atoms with Crippen LogP contribution >= 0.6 is 0 Å². The van der Waals surface area contributed by atoms with Crippen molar-refractivity contribution in [1.29, 1.82) is 0 Å². The fraction of sp³-hybridized carbons (Fsp3) is 0.500. The average molecular weight is 315 g/mol. The standard InChI is InChI=1S/C16H21N5O2/c1-10-11(2)20-14(19-10)12-4-6-21(7-5-12)16-17-8-13(9-18-16)15(22)23-3/h8-9,12H,4-7H2,1-3H3,(H,19,20). The fourth-order valence-electron chi connectivity index (χ4n) is 2.83. The van der Waals surface area contributed by atoms with Gasteiger partial charge in [-0.15, -0.1) is 0 Å². The number of rotatable bonds is 3. The number of hydrogen-bond donors (Lipinski definition) is 1. The van der Waals surface area contributed by atoms with Crippen LogP contribution in [-0.4, -0.2) is 46.1 Å². The van der Waals surface area contributed by atoms with E-state index < -0.39 is 5.97 Å². The topological polar surface area (TPSA) is 84.0 Å². The Kier molecular flexibility index (Phi) is 4.27. The SMILES string of the molecule is COC(=O)c1cnc(N2CCC(c3nc(C)c(C)[nH]3)CC2)nc1. The number of piperidine rings is 1. The summed E-state index contributed by atoms with van der Waals surface area (Å²) in [6.45, 7) is 5.83. The van der Waals surface area contributed by atoms with Gasteiger partial charge in [-0.05, 0) is 26.7 Å². The minimum atomic E-state index is -0.418. The number of methoxy groups -OCH3 is 1. The van der Waals surface area contributed by atoms with Gasteiger partial charge in [-0.1, -0.05) is 0 Å². The first kappa shape index (κ1) is 15.5. The van der Waals surface area contributed by atoms with Crippen LogP contribution in [0.15, 0.2) is 12.4 Å². The van der Waals surface area contributed by atoms with E-state index in [0.717, 1.165) is 43.1 Å². The van der Waals surface area contributed by atoms with Gasteiger partial charge in [0.2, 0.25) is 5.95 Å². The Morgan fingerprint density at radius 3 is 2.43 bits per heavy atom. The van der Waals surface area contributed by atoms with Gasteiger partial charge in [0.25, 0.3) is 0 Å². The molecule has 0 aliphatic carbocycles. The van der Waals surface area contributed by atoms with Crippen molar-refractivity contribution in [3.63, 3.8) is 0 Å². The number of nitrogens with one attached hydrogen (secondary N) is 1. The number of carbonyl (C=O) groups excluding carboxylic acids is 1. The second kappa shape index (κ2) is 6.36. The number of carbonyl (C=O) groups is 1. The molecule has 7 heteroatoms. The zero-order valence-corrected chi connectivity index (χ0v) is 13.7. The van der Waals surface area contributed by atoms with Crippen LogP contribution in [0.5, 0.6) is 0 Å². The van der Waals surface area contributed by atoms with E-state index in [0.29, 0.717) is 17.4 Å². The van der Waals surface area contributed by atoms with Crippen LogP contribution in [0.25, 0.3) is 0 Å². The first-order valence-corrected chi connectivity index (χ1v) is 7.77. The number of ether oxygens (including phenoxy) is 1. The molecule has 0 unspecified atom stereocenters. The van der Waals surface area contributed by atoms with Crippen LogP contribution in [0.2, 0.25) is 0 Å². The normalized spacial score (nSPS) is 15.7. The molecule has 122 valence electrons. The molecule has 0 aromatic carbocycles. The van der Waals surface area contributed by atoms with Gasteiger partial charge < -0.3 is 14.6 Å². The van der Waals surface area contributed by atoms with E-state index >= 15 is 0 Å². The number of aromatic nitrogens is 4. The van der Waals surface area contributed by atoms with Gasteiger partial charge in [0, 0.05) is 37.1 Å². The lowest BCUT2D eigenvalue weighted by Gasteiger charge is -2.31.